The Bertz CT molecular complexity index is 135. The summed E-state index contributed by atoms with van der Waals surface area (Å²) in [6.45, 7) is 2.94. The van der Waals surface area contributed by atoms with Gasteiger partial charge in [0.05, 0.1) is 12.2 Å². The second kappa shape index (κ2) is 5.58. The lowest BCUT2D eigenvalue weighted by atomic mass is 9.89. The van der Waals surface area contributed by atoms with Crippen molar-refractivity contribution in [3.05, 3.63) is 0 Å². The molecule has 0 aromatic carbocycles. The minimum atomic E-state index is -0.134. The molecule has 3 heteroatoms. The third kappa shape index (κ3) is 3.63. The van der Waals surface area contributed by atoms with Crippen molar-refractivity contribution in [3.63, 3.8) is 0 Å². The van der Waals surface area contributed by atoms with Crippen molar-refractivity contribution in [1.29, 1.82) is 0 Å². The van der Waals surface area contributed by atoms with Crippen molar-refractivity contribution in [2.75, 3.05) is 13.7 Å². The molecule has 0 aromatic rings. The van der Waals surface area contributed by atoms with Crippen LogP contribution < -0.4 is 5.32 Å². The van der Waals surface area contributed by atoms with E-state index in [-0.39, 0.29) is 6.10 Å². The molecule has 0 aliphatic heterocycles. The van der Waals surface area contributed by atoms with Crippen LogP contribution in [0.15, 0.2) is 0 Å². The Morgan fingerprint density at radius 3 is 2.77 bits per heavy atom. The summed E-state index contributed by atoms with van der Waals surface area (Å²) in [5, 5.41) is 12.7. The molecule has 3 nitrogen and oxygen atoms in total. The molecule has 0 aromatic heterocycles. The van der Waals surface area contributed by atoms with Gasteiger partial charge in [-0.2, -0.15) is 0 Å². The highest BCUT2D eigenvalue weighted by Crippen LogP contribution is 2.22. The normalized spacial score (nSPS) is 29.8. The molecule has 0 amide bonds. The maximum atomic E-state index is 9.30. The first-order valence-corrected chi connectivity index (χ1v) is 5.20. The third-order valence-corrected chi connectivity index (χ3v) is 2.81. The lowest BCUT2D eigenvalue weighted by Crippen LogP contribution is -2.45. The number of methoxy groups -OCH3 is 1. The summed E-state index contributed by atoms with van der Waals surface area (Å²) < 4.78 is 5.18. The van der Waals surface area contributed by atoms with Gasteiger partial charge >= 0.3 is 0 Å². The molecule has 0 radical (unpaired) electrons. The van der Waals surface area contributed by atoms with Gasteiger partial charge in [-0.15, -0.1) is 0 Å². The zero-order chi connectivity index (χ0) is 9.68. The molecular formula is C10H21NO2. The topological polar surface area (TPSA) is 41.5 Å². The molecule has 78 valence electrons. The quantitative estimate of drug-likeness (QED) is 0.649. The predicted molar refractivity (Wildman–Crippen MR) is 52.7 cm³/mol. The summed E-state index contributed by atoms with van der Waals surface area (Å²) in [4.78, 5) is 0. The van der Waals surface area contributed by atoms with E-state index in [1.807, 2.05) is 6.92 Å². The molecule has 0 saturated heterocycles. The van der Waals surface area contributed by atoms with Gasteiger partial charge in [0.15, 0.2) is 0 Å². The van der Waals surface area contributed by atoms with Crippen LogP contribution in [0.4, 0.5) is 0 Å². The smallest absolute Gasteiger partial charge is 0.0601 e. The van der Waals surface area contributed by atoms with E-state index in [2.05, 4.69) is 5.32 Å². The van der Waals surface area contributed by atoms with Crippen LogP contribution in [0.1, 0.15) is 32.6 Å². The van der Waals surface area contributed by atoms with Crippen LogP contribution in [-0.2, 0) is 4.74 Å². The molecule has 1 fully saturated rings. The molecular weight excluding hydrogens is 166 g/mol. The van der Waals surface area contributed by atoms with Crippen molar-refractivity contribution in [1.82, 2.24) is 5.32 Å². The zero-order valence-electron chi connectivity index (χ0n) is 8.62. The molecule has 0 bridgehead atoms. The fraction of sp³-hybridized carbons (Fsp3) is 1.00. The van der Waals surface area contributed by atoms with Gasteiger partial charge in [-0.3, -0.25) is 0 Å². The largest absolute Gasteiger partial charge is 0.393 e. The van der Waals surface area contributed by atoms with E-state index in [1.54, 1.807) is 7.11 Å². The highest BCUT2D eigenvalue weighted by Gasteiger charge is 2.28. The van der Waals surface area contributed by atoms with Gasteiger partial charge in [0, 0.05) is 13.2 Å². The Morgan fingerprint density at radius 1 is 1.54 bits per heavy atom. The predicted octanol–water partition coefficient (Wildman–Crippen LogP) is 0.914. The highest BCUT2D eigenvalue weighted by atomic mass is 16.5. The summed E-state index contributed by atoms with van der Waals surface area (Å²) >= 11 is 0. The van der Waals surface area contributed by atoms with Crippen LogP contribution in [0.2, 0.25) is 0 Å². The van der Waals surface area contributed by atoms with Gasteiger partial charge in [-0.1, -0.05) is 6.92 Å². The van der Waals surface area contributed by atoms with E-state index in [1.165, 1.54) is 0 Å². The summed E-state index contributed by atoms with van der Waals surface area (Å²) in [6, 6.07) is 0.619. The summed E-state index contributed by atoms with van der Waals surface area (Å²) in [5.74, 6) is 0. The zero-order valence-corrected chi connectivity index (χ0v) is 8.62. The molecule has 1 rings (SSSR count). The lowest BCUT2D eigenvalue weighted by molar-refractivity contribution is 0.0165. The van der Waals surface area contributed by atoms with Crippen molar-refractivity contribution in [2.45, 2.75) is 50.9 Å². The molecule has 1 aliphatic rings. The number of hydrogen-bond donors (Lipinski definition) is 2. The third-order valence-electron chi connectivity index (χ3n) is 2.81. The summed E-state index contributed by atoms with van der Waals surface area (Å²) in [5.41, 5.74) is 0. The molecule has 1 unspecified atom stereocenters. The van der Waals surface area contributed by atoms with Crippen LogP contribution in [-0.4, -0.2) is 37.0 Å². The molecule has 0 heterocycles. The fourth-order valence-electron chi connectivity index (χ4n) is 1.58. The minimum Gasteiger partial charge on any atom is -0.393 e. The first kappa shape index (κ1) is 11.0. The van der Waals surface area contributed by atoms with Crippen LogP contribution in [0, 0.1) is 0 Å². The van der Waals surface area contributed by atoms with Crippen molar-refractivity contribution in [2.24, 2.45) is 0 Å². The molecule has 1 saturated carbocycles. The highest BCUT2D eigenvalue weighted by molar-refractivity contribution is 4.85. The Kier molecular flexibility index (Phi) is 4.70. The fourth-order valence-corrected chi connectivity index (χ4v) is 1.58. The number of aliphatic hydroxyl groups excluding tert-OH is 1. The van der Waals surface area contributed by atoms with E-state index in [0.717, 1.165) is 32.2 Å². The second-order valence-corrected chi connectivity index (χ2v) is 3.83. The average molecular weight is 187 g/mol. The van der Waals surface area contributed by atoms with E-state index in [9.17, 15) is 5.11 Å². The first-order chi connectivity index (χ1) is 6.26. The van der Waals surface area contributed by atoms with Crippen molar-refractivity contribution < 1.29 is 9.84 Å². The van der Waals surface area contributed by atoms with Crippen molar-refractivity contribution >= 4 is 0 Å². The van der Waals surface area contributed by atoms with Gasteiger partial charge in [0.25, 0.3) is 0 Å². The van der Waals surface area contributed by atoms with Crippen molar-refractivity contribution in [3.8, 4) is 0 Å². The molecule has 13 heavy (non-hydrogen) atoms. The van der Waals surface area contributed by atoms with Crippen LogP contribution >= 0.6 is 0 Å². The van der Waals surface area contributed by atoms with E-state index in [4.69, 9.17) is 4.74 Å². The van der Waals surface area contributed by atoms with Gasteiger partial charge in [-0.05, 0) is 32.2 Å². The monoisotopic (exact) mass is 187 g/mol. The molecule has 1 atom stereocenters. The summed E-state index contributed by atoms with van der Waals surface area (Å²) in [7, 11) is 1.77. The number of rotatable bonds is 6. The first-order valence-electron chi connectivity index (χ1n) is 5.20. The van der Waals surface area contributed by atoms with Gasteiger partial charge in [-0.25, -0.2) is 0 Å². The summed E-state index contributed by atoms with van der Waals surface area (Å²) in [6.07, 6.45) is 4.30. The Morgan fingerprint density at radius 2 is 2.23 bits per heavy atom. The van der Waals surface area contributed by atoms with Gasteiger partial charge < -0.3 is 15.2 Å². The standard InChI is InChI=1S/C10H21NO2/c1-3-9(12)4-5-11-8-6-10(7-8)13-2/h8-12H,3-7H2,1-2H3. The van der Waals surface area contributed by atoms with Gasteiger partial charge in [0.1, 0.15) is 0 Å². The van der Waals surface area contributed by atoms with Crippen LogP contribution in [0.25, 0.3) is 0 Å². The maximum Gasteiger partial charge on any atom is 0.0601 e. The van der Waals surface area contributed by atoms with Crippen LogP contribution in [0.5, 0.6) is 0 Å². The second-order valence-electron chi connectivity index (χ2n) is 3.83. The SMILES string of the molecule is CCC(O)CCNC1CC(OC)C1. The Hall–Kier alpha value is -0.120. The Balaban J connectivity index is 1.90. The number of hydrogen-bond acceptors (Lipinski definition) is 3. The Labute approximate surface area is 80.5 Å². The number of ether oxygens (including phenoxy) is 1. The lowest BCUT2D eigenvalue weighted by Gasteiger charge is -2.35. The van der Waals surface area contributed by atoms with E-state index in [0.29, 0.717) is 12.1 Å². The van der Waals surface area contributed by atoms with E-state index < -0.39 is 0 Å². The van der Waals surface area contributed by atoms with Gasteiger partial charge in [0.2, 0.25) is 0 Å². The van der Waals surface area contributed by atoms with E-state index >= 15 is 0 Å². The number of nitrogens with one attached hydrogen (secondary N) is 1. The number of aliphatic hydroxyl groups is 1. The molecule has 1 aliphatic carbocycles. The van der Waals surface area contributed by atoms with Crippen LogP contribution in [0.3, 0.4) is 0 Å². The molecule has 2 N–H and O–H groups in total. The maximum absolute atomic E-state index is 9.30. The molecule has 0 spiro atoms. The average Bonchev–Trinajstić information content (AvgIpc) is 2.08. The minimum absolute atomic E-state index is 0.134.